The third-order valence-corrected chi connectivity index (χ3v) is 5.84. The van der Waals surface area contributed by atoms with E-state index < -0.39 is 0 Å². The quantitative estimate of drug-likeness (QED) is 0.844. The summed E-state index contributed by atoms with van der Waals surface area (Å²) in [6, 6.07) is 4.70. The van der Waals surface area contributed by atoms with Gasteiger partial charge in [-0.2, -0.15) is 0 Å². The van der Waals surface area contributed by atoms with Gasteiger partial charge in [0.25, 0.3) is 0 Å². The number of rotatable bonds is 5. The number of urea groups is 1. The predicted octanol–water partition coefficient (Wildman–Crippen LogP) is 1.51. The first-order valence-electron chi connectivity index (χ1n) is 8.80. The minimum atomic E-state index is -0.0578. The lowest BCUT2D eigenvalue weighted by Crippen LogP contribution is -2.50. The number of thiophene rings is 1. The van der Waals surface area contributed by atoms with Crippen LogP contribution >= 0.6 is 11.3 Å². The molecule has 2 saturated heterocycles. The molecule has 2 N–H and O–H groups in total. The Morgan fingerprint density at radius 1 is 1.33 bits per heavy atom. The van der Waals surface area contributed by atoms with E-state index in [9.17, 15) is 4.79 Å². The number of piperazine rings is 1. The number of likely N-dealkylation sites (N-methyl/N-ethyl adjacent to an activating group) is 1. The molecule has 0 radical (unpaired) electrons. The largest absolute Gasteiger partial charge is 0.381 e. The molecule has 24 heavy (non-hydrogen) atoms. The lowest BCUT2D eigenvalue weighted by atomic mass is 10.1. The van der Waals surface area contributed by atoms with Gasteiger partial charge in [0.2, 0.25) is 0 Å². The van der Waals surface area contributed by atoms with Crippen LogP contribution in [0.4, 0.5) is 4.79 Å². The molecule has 0 saturated carbocycles. The summed E-state index contributed by atoms with van der Waals surface area (Å²) in [6.07, 6.45) is 1.81. The van der Waals surface area contributed by atoms with Gasteiger partial charge in [0.05, 0.1) is 6.04 Å². The first-order valence-corrected chi connectivity index (χ1v) is 9.68. The minimum absolute atomic E-state index is 0.0578. The molecule has 1 atom stereocenters. The molecular weight excluding hydrogens is 324 g/mol. The molecule has 2 fully saturated rings. The number of ether oxygens (including phenoxy) is 1. The fraction of sp³-hybridized carbons (Fsp3) is 0.706. The van der Waals surface area contributed by atoms with E-state index in [1.165, 1.54) is 4.88 Å². The number of hydrogen-bond acceptors (Lipinski definition) is 5. The second-order valence-corrected chi connectivity index (χ2v) is 7.59. The fourth-order valence-corrected chi connectivity index (χ4v) is 4.15. The van der Waals surface area contributed by atoms with Gasteiger partial charge in [-0.1, -0.05) is 6.07 Å². The maximum absolute atomic E-state index is 12.2. The fourth-order valence-electron chi connectivity index (χ4n) is 3.29. The lowest BCUT2D eigenvalue weighted by molar-refractivity contribution is 0.0797. The second-order valence-electron chi connectivity index (χ2n) is 6.61. The Kier molecular flexibility index (Phi) is 6.48. The molecule has 3 heterocycles. The maximum Gasteiger partial charge on any atom is 0.315 e. The molecule has 1 aromatic heterocycles. The Hall–Kier alpha value is -1.15. The van der Waals surface area contributed by atoms with E-state index in [1.54, 1.807) is 11.3 Å². The van der Waals surface area contributed by atoms with E-state index in [2.05, 4.69) is 45.0 Å². The Labute approximate surface area is 148 Å². The number of carbonyl (C=O) groups excluding carboxylic acids is 1. The summed E-state index contributed by atoms with van der Waals surface area (Å²) in [5.41, 5.74) is 0. The van der Waals surface area contributed by atoms with Gasteiger partial charge < -0.3 is 20.3 Å². The van der Waals surface area contributed by atoms with E-state index in [0.29, 0.717) is 6.54 Å². The summed E-state index contributed by atoms with van der Waals surface area (Å²) < 4.78 is 5.34. The first-order chi connectivity index (χ1) is 11.7. The van der Waals surface area contributed by atoms with Gasteiger partial charge in [-0.3, -0.25) is 4.90 Å². The van der Waals surface area contributed by atoms with E-state index in [1.807, 2.05) is 0 Å². The van der Waals surface area contributed by atoms with Crippen molar-refractivity contribution in [1.29, 1.82) is 0 Å². The predicted molar refractivity (Wildman–Crippen MR) is 96.5 cm³/mol. The van der Waals surface area contributed by atoms with Gasteiger partial charge in [-0.15, -0.1) is 11.3 Å². The van der Waals surface area contributed by atoms with Crippen molar-refractivity contribution >= 4 is 17.4 Å². The Morgan fingerprint density at radius 2 is 2.08 bits per heavy atom. The summed E-state index contributed by atoms with van der Waals surface area (Å²) >= 11 is 1.77. The highest BCUT2D eigenvalue weighted by Gasteiger charge is 2.25. The van der Waals surface area contributed by atoms with Gasteiger partial charge in [-0.25, -0.2) is 4.79 Å². The summed E-state index contributed by atoms with van der Waals surface area (Å²) in [4.78, 5) is 18.4. The molecule has 2 amide bonds. The zero-order valence-corrected chi connectivity index (χ0v) is 15.2. The highest BCUT2D eigenvalue weighted by molar-refractivity contribution is 7.10. The van der Waals surface area contributed by atoms with Gasteiger partial charge in [0, 0.05) is 56.9 Å². The van der Waals surface area contributed by atoms with Gasteiger partial charge in [0.1, 0.15) is 0 Å². The minimum Gasteiger partial charge on any atom is -0.381 e. The van der Waals surface area contributed by atoms with Crippen LogP contribution in [0.15, 0.2) is 17.5 Å². The van der Waals surface area contributed by atoms with E-state index in [0.717, 1.165) is 52.2 Å². The van der Waals surface area contributed by atoms with Crippen LogP contribution in [0.1, 0.15) is 23.8 Å². The summed E-state index contributed by atoms with van der Waals surface area (Å²) in [7, 11) is 2.16. The van der Waals surface area contributed by atoms with E-state index >= 15 is 0 Å². The third-order valence-electron chi connectivity index (χ3n) is 4.86. The topological polar surface area (TPSA) is 56.8 Å². The van der Waals surface area contributed by atoms with Crippen molar-refractivity contribution in [2.75, 3.05) is 53.0 Å². The smallest absolute Gasteiger partial charge is 0.315 e. The summed E-state index contributed by atoms with van der Waals surface area (Å²) in [5.74, 6) is 0. The Morgan fingerprint density at radius 3 is 2.75 bits per heavy atom. The molecule has 6 nitrogen and oxygen atoms in total. The highest BCUT2D eigenvalue weighted by atomic mass is 32.1. The highest BCUT2D eigenvalue weighted by Crippen LogP contribution is 2.25. The van der Waals surface area contributed by atoms with Gasteiger partial charge >= 0.3 is 6.03 Å². The monoisotopic (exact) mass is 352 g/mol. The Balaban J connectivity index is 1.53. The van der Waals surface area contributed by atoms with E-state index in [4.69, 9.17) is 4.74 Å². The van der Waals surface area contributed by atoms with Crippen molar-refractivity contribution in [2.45, 2.75) is 24.9 Å². The van der Waals surface area contributed by atoms with Gasteiger partial charge in [0.15, 0.2) is 0 Å². The molecule has 1 unspecified atom stereocenters. The lowest BCUT2D eigenvalue weighted by Gasteiger charge is -2.37. The number of amides is 2. The zero-order valence-electron chi connectivity index (χ0n) is 14.4. The van der Waals surface area contributed by atoms with Crippen molar-refractivity contribution < 1.29 is 9.53 Å². The number of hydrogen-bond donors (Lipinski definition) is 2. The molecular formula is C17H28N4O2S. The molecule has 0 bridgehead atoms. The zero-order chi connectivity index (χ0) is 16.8. The first kappa shape index (κ1) is 17.7. The number of nitrogens with zero attached hydrogens (tertiary/aromatic N) is 2. The second kappa shape index (κ2) is 8.80. The molecule has 2 aliphatic heterocycles. The van der Waals surface area contributed by atoms with E-state index in [-0.39, 0.29) is 18.1 Å². The SMILES string of the molecule is CN1CCN(C(CNC(=O)NC2CCOCC2)c2cccs2)CC1. The summed E-state index contributed by atoms with van der Waals surface area (Å²) in [6.45, 7) is 6.38. The van der Waals surface area contributed by atoms with Crippen LogP contribution in [0, 0.1) is 0 Å². The standard InChI is InChI=1S/C17H28N4O2S/c1-20-6-8-21(9-7-20)15(16-3-2-12-24-16)13-18-17(22)19-14-4-10-23-11-5-14/h2-3,12,14-15H,4-11,13H2,1H3,(H2,18,19,22). The van der Waals surface area contributed by atoms with Crippen LogP contribution in [0.5, 0.6) is 0 Å². The van der Waals surface area contributed by atoms with Crippen molar-refractivity contribution in [2.24, 2.45) is 0 Å². The average Bonchev–Trinajstić information content (AvgIpc) is 3.12. The van der Waals surface area contributed by atoms with Crippen LogP contribution in [-0.4, -0.2) is 74.9 Å². The maximum atomic E-state index is 12.2. The van der Waals surface area contributed by atoms with Crippen LogP contribution < -0.4 is 10.6 Å². The molecule has 0 aromatic carbocycles. The van der Waals surface area contributed by atoms with Crippen molar-refractivity contribution in [1.82, 2.24) is 20.4 Å². The van der Waals surface area contributed by atoms with Crippen LogP contribution in [0.2, 0.25) is 0 Å². The normalized spacial score (nSPS) is 22.2. The van der Waals surface area contributed by atoms with Crippen molar-refractivity contribution in [3.8, 4) is 0 Å². The van der Waals surface area contributed by atoms with Crippen LogP contribution in [-0.2, 0) is 4.74 Å². The van der Waals surface area contributed by atoms with Crippen molar-refractivity contribution in [3.63, 3.8) is 0 Å². The third kappa shape index (κ3) is 4.92. The molecule has 134 valence electrons. The van der Waals surface area contributed by atoms with Crippen molar-refractivity contribution in [3.05, 3.63) is 22.4 Å². The average molecular weight is 353 g/mol. The molecule has 0 aliphatic carbocycles. The molecule has 3 rings (SSSR count). The number of nitrogens with one attached hydrogen (secondary N) is 2. The van der Waals surface area contributed by atoms with Crippen LogP contribution in [0.3, 0.4) is 0 Å². The number of carbonyl (C=O) groups is 1. The van der Waals surface area contributed by atoms with Crippen LogP contribution in [0.25, 0.3) is 0 Å². The molecule has 2 aliphatic rings. The van der Waals surface area contributed by atoms with Gasteiger partial charge in [-0.05, 0) is 31.3 Å². The molecule has 0 spiro atoms. The Bertz CT molecular complexity index is 497. The molecule has 1 aromatic rings. The summed E-state index contributed by atoms with van der Waals surface area (Å²) in [5, 5.41) is 8.28. The molecule has 7 heteroatoms.